The number of nitrogens with zero attached hydrogens (tertiary/aromatic N) is 8. The van der Waals surface area contributed by atoms with Gasteiger partial charge in [-0.3, -0.25) is 45.2 Å². The molecule has 77 heavy (non-hydrogen) atoms. The van der Waals surface area contributed by atoms with E-state index in [0.717, 1.165) is 41.3 Å². The Labute approximate surface area is 457 Å². The molecule has 398 valence electrons. The van der Waals surface area contributed by atoms with Gasteiger partial charge in [0.2, 0.25) is 26.6 Å². The van der Waals surface area contributed by atoms with Crippen LogP contribution < -0.4 is 21.3 Å². The summed E-state index contributed by atoms with van der Waals surface area (Å²) >= 11 is 4.95. The first-order valence-corrected chi connectivity index (χ1v) is 27.7. The van der Waals surface area contributed by atoms with Gasteiger partial charge >= 0.3 is 5.97 Å². The van der Waals surface area contributed by atoms with Gasteiger partial charge in [0, 0.05) is 37.9 Å². The van der Waals surface area contributed by atoms with Gasteiger partial charge in [-0.1, -0.05) is 161 Å². The number of ether oxygens (including phenoxy) is 2. The van der Waals surface area contributed by atoms with E-state index in [1.54, 1.807) is 72.8 Å². The van der Waals surface area contributed by atoms with Crippen LogP contribution in [0.25, 0.3) is 0 Å². The third-order valence-electron chi connectivity index (χ3n) is 11.4. The van der Waals surface area contributed by atoms with Crippen LogP contribution in [0.2, 0.25) is 0 Å². The minimum atomic E-state index is -1.55. The summed E-state index contributed by atoms with van der Waals surface area (Å²) < 4.78 is 11.4. The van der Waals surface area contributed by atoms with Crippen LogP contribution in [0.4, 0.5) is 20.5 Å². The number of unbranched alkanes of at least 4 members (excludes halogenated alkanes) is 2. The Bertz CT molecular complexity index is 3200. The molecule has 0 saturated carbocycles. The van der Waals surface area contributed by atoms with Gasteiger partial charge < -0.3 is 19.7 Å². The molecule has 8 aromatic rings. The minimum Gasteiger partial charge on any atom is -0.447 e. The van der Waals surface area contributed by atoms with E-state index in [9.17, 15) is 34.2 Å². The molecule has 4 unspecified atom stereocenters. The van der Waals surface area contributed by atoms with Crippen LogP contribution in [0.1, 0.15) is 105 Å². The summed E-state index contributed by atoms with van der Waals surface area (Å²) in [6.07, 6.45) is 0.297. The van der Waals surface area contributed by atoms with Crippen molar-refractivity contribution in [3.05, 3.63) is 163 Å². The van der Waals surface area contributed by atoms with Crippen molar-refractivity contribution >= 4 is 95.5 Å². The number of benzene rings is 4. The maximum absolute atomic E-state index is 13.6. The maximum atomic E-state index is 13.6. The molecule has 4 aromatic heterocycles. The standard InChI is InChI=1S/C52H52N12O9S4/c1-2-72-43(34-18-8-4-9-19-34)47(70)55-51-63-59-38(76-51)24-14-15-25-39-60-64-52(77-39)56-48(71)44(35-20-10-5-11-21-35)73-40(65)30-31-26-28-33(29-27-31)42(67)46(69)54-50-62-58-37(75-50)23-13-12-22-36-57-61-49(74-36)53-45(68)41(66)32-16-6-3-7-17-32/h3-11,16-21,26-29,41-44,66-67H,2,12-15,22-25,30H2,1H3,(H,53,61,68)(H,54,62,69)(H,55,63,70)(H,56,64,71). The van der Waals surface area contributed by atoms with Gasteiger partial charge in [0.05, 0.1) is 6.42 Å². The second-order valence-corrected chi connectivity index (χ2v) is 21.3. The highest BCUT2D eigenvalue weighted by Crippen LogP contribution is 2.28. The van der Waals surface area contributed by atoms with E-state index < -0.39 is 48.1 Å². The Balaban J connectivity index is 0.742. The second-order valence-electron chi connectivity index (χ2n) is 17.0. The Morgan fingerprint density at radius 2 is 0.779 bits per heavy atom. The van der Waals surface area contributed by atoms with Crippen LogP contribution >= 0.6 is 45.3 Å². The Morgan fingerprint density at radius 1 is 0.442 bits per heavy atom. The molecule has 0 fully saturated rings. The monoisotopic (exact) mass is 1120 g/mol. The summed E-state index contributed by atoms with van der Waals surface area (Å²) in [5.74, 6) is -2.93. The van der Waals surface area contributed by atoms with E-state index in [0.29, 0.717) is 69.3 Å². The van der Waals surface area contributed by atoms with Gasteiger partial charge in [0.25, 0.3) is 23.6 Å². The van der Waals surface area contributed by atoms with Gasteiger partial charge in [0.1, 0.15) is 20.0 Å². The third kappa shape index (κ3) is 16.4. The SMILES string of the molecule is CCOC(C(=O)Nc1nnc(CCCCc2nnc(NC(=O)C(OC(=O)Cc3ccc(C(O)C(=O)Nc4nnc(CCCCc5nnc(NC(=O)C(O)c6ccccc6)s5)s4)cc3)c3ccccc3)s2)s1)c1ccccc1. The number of hydrogen-bond acceptors (Lipinski definition) is 21. The molecule has 4 aromatic carbocycles. The Kier molecular flexibility index (Phi) is 20.2. The fraction of sp³-hybridized carbons (Fsp3) is 0.288. The molecule has 0 aliphatic heterocycles. The lowest BCUT2D eigenvalue weighted by atomic mass is 10.0. The molecule has 0 saturated heterocycles. The van der Waals surface area contributed by atoms with Gasteiger partial charge in [0.15, 0.2) is 18.3 Å². The van der Waals surface area contributed by atoms with Crippen LogP contribution in [0, 0.1) is 0 Å². The van der Waals surface area contributed by atoms with E-state index in [1.807, 2.05) is 37.3 Å². The number of amides is 4. The Morgan fingerprint density at radius 3 is 1.17 bits per heavy atom. The molecule has 0 radical (unpaired) electrons. The average molecular weight is 1120 g/mol. The predicted molar refractivity (Wildman–Crippen MR) is 290 cm³/mol. The number of carbonyl (C=O) groups is 5. The molecule has 0 bridgehead atoms. The minimum absolute atomic E-state index is 0.203. The van der Waals surface area contributed by atoms with Gasteiger partial charge in [-0.25, -0.2) is 0 Å². The molecule has 6 N–H and O–H groups in total. The number of aliphatic hydroxyl groups is 2. The highest BCUT2D eigenvalue weighted by molar-refractivity contribution is 7.16. The maximum Gasteiger partial charge on any atom is 0.311 e. The fourth-order valence-electron chi connectivity index (χ4n) is 7.53. The predicted octanol–water partition coefficient (Wildman–Crippen LogP) is 7.75. The largest absolute Gasteiger partial charge is 0.447 e. The zero-order chi connectivity index (χ0) is 53.9. The molecule has 0 aliphatic carbocycles. The molecular weight excluding hydrogens is 1060 g/mol. The highest BCUT2D eigenvalue weighted by Gasteiger charge is 2.28. The van der Waals surface area contributed by atoms with Crippen LogP contribution in [-0.2, 0) is 65.6 Å². The zero-order valence-corrected chi connectivity index (χ0v) is 44.6. The molecule has 8 rings (SSSR count). The molecular formula is C52H52N12O9S4. The van der Waals surface area contributed by atoms with Crippen LogP contribution in [-0.4, -0.2) is 87.2 Å². The van der Waals surface area contributed by atoms with Crippen LogP contribution in [0.3, 0.4) is 0 Å². The molecule has 4 atom stereocenters. The molecule has 0 spiro atoms. The number of anilines is 4. The fourth-order valence-corrected chi connectivity index (χ4v) is 10.7. The van der Waals surface area contributed by atoms with Gasteiger partial charge in [-0.15, -0.1) is 40.8 Å². The Hall–Kier alpha value is -7.65. The number of aliphatic hydroxyl groups excluding tert-OH is 2. The summed E-state index contributed by atoms with van der Waals surface area (Å²) in [7, 11) is 0. The quantitative estimate of drug-likeness (QED) is 0.0212. The van der Waals surface area contributed by atoms with Crippen LogP contribution in [0.15, 0.2) is 115 Å². The lowest BCUT2D eigenvalue weighted by Gasteiger charge is -2.17. The van der Waals surface area contributed by atoms with Crippen molar-refractivity contribution in [2.24, 2.45) is 0 Å². The zero-order valence-electron chi connectivity index (χ0n) is 41.3. The van der Waals surface area contributed by atoms with Crippen LogP contribution in [0.5, 0.6) is 0 Å². The number of nitrogens with one attached hydrogen (secondary N) is 4. The van der Waals surface area contributed by atoms with E-state index in [1.165, 1.54) is 57.5 Å². The molecule has 0 aliphatic rings. The molecule has 4 heterocycles. The van der Waals surface area contributed by atoms with Crippen molar-refractivity contribution in [2.75, 3.05) is 27.9 Å². The number of carbonyl (C=O) groups excluding carboxylic acids is 5. The van der Waals surface area contributed by atoms with Crippen molar-refractivity contribution in [3.63, 3.8) is 0 Å². The number of aromatic nitrogens is 8. The number of rotatable bonds is 27. The number of esters is 1. The van der Waals surface area contributed by atoms with E-state index in [2.05, 4.69) is 62.1 Å². The van der Waals surface area contributed by atoms with E-state index in [-0.39, 0.29) is 28.2 Å². The van der Waals surface area contributed by atoms with E-state index in [4.69, 9.17) is 9.47 Å². The van der Waals surface area contributed by atoms with Gasteiger partial charge in [-0.2, -0.15) is 0 Å². The number of aryl methyl sites for hydroxylation is 4. The summed E-state index contributed by atoms with van der Waals surface area (Å²) in [4.78, 5) is 65.4. The van der Waals surface area contributed by atoms with Crippen molar-refractivity contribution in [3.8, 4) is 0 Å². The lowest BCUT2D eigenvalue weighted by molar-refractivity contribution is -0.154. The third-order valence-corrected chi connectivity index (χ3v) is 15.0. The topological polar surface area (TPSA) is 296 Å². The first kappa shape index (κ1) is 55.6. The first-order chi connectivity index (χ1) is 37.5. The lowest BCUT2D eigenvalue weighted by Crippen LogP contribution is -2.26. The van der Waals surface area contributed by atoms with Crippen molar-refractivity contribution in [1.29, 1.82) is 0 Å². The summed E-state index contributed by atoms with van der Waals surface area (Å²) in [5.41, 5.74) is 2.47. The van der Waals surface area contributed by atoms with Gasteiger partial charge in [-0.05, 0) is 54.9 Å². The van der Waals surface area contributed by atoms with E-state index >= 15 is 0 Å². The summed E-state index contributed by atoms with van der Waals surface area (Å²) in [6.45, 7) is 2.20. The second kappa shape index (κ2) is 27.9. The summed E-state index contributed by atoms with van der Waals surface area (Å²) in [6, 6.07) is 32.7. The first-order valence-electron chi connectivity index (χ1n) is 24.4. The molecule has 4 amide bonds. The highest BCUT2D eigenvalue weighted by atomic mass is 32.1. The van der Waals surface area contributed by atoms with Crippen molar-refractivity contribution < 1.29 is 43.7 Å². The average Bonchev–Trinajstić information content (AvgIpc) is 4.30. The molecule has 21 nitrogen and oxygen atoms in total. The number of hydrogen-bond donors (Lipinski definition) is 6. The smallest absolute Gasteiger partial charge is 0.311 e. The normalized spacial score (nSPS) is 12.7. The van der Waals surface area contributed by atoms with Crippen molar-refractivity contribution in [1.82, 2.24) is 40.8 Å². The van der Waals surface area contributed by atoms with Crippen molar-refractivity contribution in [2.45, 2.75) is 89.1 Å². The molecule has 25 heteroatoms. The summed E-state index contributed by atoms with van der Waals surface area (Å²) in [5, 5.41) is 69.1.